The van der Waals surface area contributed by atoms with Crippen molar-refractivity contribution in [2.45, 2.75) is 38.8 Å². The highest BCUT2D eigenvalue weighted by atomic mass is 16.5. The van der Waals surface area contributed by atoms with Crippen molar-refractivity contribution in [1.82, 2.24) is 5.32 Å². The minimum absolute atomic E-state index is 0.106. The second-order valence-corrected chi connectivity index (χ2v) is 5.20. The summed E-state index contributed by atoms with van der Waals surface area (Å²) >= 11 is 0. The first-order valence-electron chi connectivity index (χ1n) is 6.27. The molecule has 1 fully saturated rings. The molecule has 0 radical (unpaired) electrons. The van der Waals surface area contributed by atoms with Crippen molar-refractivity contribution in [3.63, 3.8) is 0 Å². The lowest BCUT2D eigenvalue weighted by Gasteiger charge is -2.34. The fourth-order valence-electron chi connectivity index (χ4n) is 2.28. The highest BCUT2D eigenvalue weighted by Gasteiger charge is 2.26. The number of hydrogen-bond donors (Lipinski definition) is 2. The molecule has 1 unspecified atom stereocenters. The Bertz CT molecular complexity index is 384. The number of ether oxygens (including phenoxy) is 1. The lowest BCUT2D eigenvalue weighted by molar-refractivity contribution is 0.0277. The van der Waals surface area contributed by atoms with Gasteiger partial charge in [-0.25, -0.2) is 0 Å². The van der Waals surface area contributed by atoms with Crippen molar-refractivity contribution in [3.8, 4) is 0 Å². The van der Waals surface area contributed by atoms with E-state index in [0.29, 0.717) is 0 Å². The van der Waals surface area contributed by atoms with Gasteiger partial charge in [0.25, 0.3) is 0 Å². The van der Waals surface area contributed by atoms with Gasteiger partial charge in [0, 0.05) is 24.4 Å². The summed E-state index contributed by atoms with van der Waals surface area (Å²) in [6.45, 7) is 6.86. The normalized spacial score (nSPS) is 24.8. The summed E-state index contributed by atoms with van der Waals surface area (Å²) in [5, 5.41) is 3.60. The summed E-state index contributed by atoms with van der Waals surface area (Å²) in [5.41, 5.74) is 9.34. The van der Waals surface area contributed by atoms with Crippen LogP contribution >= 0.6 is 0 Å². The van der Waals surface area contributed by atoms with Gasteiger partial charge in [-0.3, -0.25) is 0 Å². The molecule has 3 nitrogen and oxygen atoms in total. The quantitative estimate of drug-likeness (QED) is 0.788. The van der Waals surface area contributed by atoms with Gasteiger partial charge in [0.1, 0.15) is 0 Å². The Kier molecular flexibility index (Phi) is 3.69. The van der Waals surface area contributed by atoms with Crippen molar-refractivity contribution in [3.05, 3.63) is 29.3 Å². The van der Waals surface area contributed by atoms with Gasteiger partial charge in [-0.05, 0) is 43.9 Å². The van der Waals surface area contributed by atoms with E-state index in [4.69, 9.17) is 10.5 Å². The summed E-state index contributed by atoms with van der Waals surface area (Å²) in [6, 6.07) is 6.09. The fourth-order valence-corrected chi connectivity index (χ4v) is 2.28. The predicted octanol–water partition coefficient (Wildman–Crippen LogP) is 2.24. The van der Waals surface area contributed by atoms with Crippen molar-refractivity contribution < 1.29 is 4.74 Å². The molecule has 1 aliphatic rings. The maximum Gasteiger partial charge on any atom is 0.0645 e. The molecular formula is C14H22N2O. The minimum Gasteiger partial charge on any atom is -0.399 e. The molecule has 0 bridgehead atoms. The van der Waals surface area contributed by atoms with E-state index < -0.39 is 0 Å². The zero-order valence-electron chi connectivity index (χ0n) is 10.8. The number of nitrogens with two attached hydrogens (primary N) is 1. The summed E-state index contributed by atoms with van der Waals surface area (Å²) in [5.74, 6) is 0. The number of hydrogen-bond acceptors (Lipinski definition) is 3. The van der Waals surface area contributed by atoms with Crippen LogP contribution in [0.15, 0.2) is 18.2 Å². The smallest absolute Gasteiger partial charge is 0.0645 e. The molecule has 1 atom stereocenters. The molecule has 17 heavy (non-hydrogen) atoms. The molecule has 0 aromatic heterocycles. The number of nitrogens with one attached hydrogen (secondary N) is 1. The Labute approximate surface area is 103 Å². The van der Waals surface area contributed by atoms with Crippen molar-refractivity contribution in [1.29, 1.82) is 0 Å². The summed E-state index contributed by atoms with van der Waals surface area (Å²) in [4.78, 5) is 0. The van der Waals surface area contributed by atoms with E-state index in [1.807, 2.05) is 12.1 Å². The Morgan fingerprint density at radius 1 is 1.47 bits per heavy atom. The van der Waals surface area contributed by atoms with Crippen LogP contribution in [0.25, 0.3) is 0 Å². The van der Waals surface area contributed by atoms with Crippen molar-refractivity contribution in [2.24, 2.45) is 0 Å². The highest BCUT2D eigenvalue weighted by Crippen LogP contribution is 2.21. The van der Waals surface area contributed by atoms with E-state index in [9.17, 15) is 0 Å². The molecule has 3 N–H and O–H groups in total. The van der Waals surface area contributed by atoms with Crippen LogP contribution in [-0.2, 0) is 11.3 Å². The van der Waals surface area contributed by atoms with E-state index >= 15 is 0 Å². The van der Waals surface area contributed by atoms with Crippen LogP contribution in [0.4, 0.5) is 5.69 Å². The zero-order valence-corrected chi connectivity index (χ0v) is 10.8. The number of benzene rings is 1. The van der Waals surface area contributed by atoms with Crippen LogP contribution < -0.4 is 11.1 Å². The fraction of sp³-hybridized carbons (Fsp3) is 0.571. The molecule has 0 amide bonds. The maximum absolute atomic E-state index is 5.91. The van der Waals surface area contributed by atoms with Crippen molar-refractivity contribution >= 4 is 5.69 Å². The topological polar surface area (TPSA) is 47.3 Å². The molecule has 1 saturated heterocycles. The highest BCUT2D eigenvalue weighted by molar-refractivity contribution is 5.49. The summed E-state index contributed by atoms with van der Waals surface area (Å²) in [7, 11) is 0. The third-order valence-electron chi connectivity index (χ3n) is 3.63. The Balaban J connectivity index is 1.99. The monoisotopic (exact) mass is 234 g/mol. The van der Waals surface area contributed by atoms with Gasteiger partial charge in [0.2, 0.25) is 0 Å². The number of anilines is 1. The molecule has 1 aromatic rings. The van der Waals surface area contributed by atoms with Crippen LogP contribution in [0, 0.1) is 6.92 Å². The van der Waals surface area contributed by atoms with Gasteiger partial charge >= 0.3 is 0 Å². The van der Waals surface area contributed by atoms with Gasteiger partial charge in [-0.2, -0.15) is 0 Å². The molecule has 94 valence electrons. The predicted molar refractivity (Wildman–Crippen MR) is 70.9 cm³/mol. The van der Waals surface area contributed by atoms with Gasteiger partial charge in [0.05, 0.1) is 6.61 Å². The Morgan fingerprint density at radius 3 is 3.00 bits per heavy atom. The largest absolute Gasteiger partial charge is 0.399 e. The Morgan fingerprint density at radius 2 is 2.29 bits per heavy atom. The SMILES string of the molecule is Cc1c(N)cccc1CNC1(C)CCCOC1. The summed E-state index contributed by atoms with van der Waals surface area (Å²) in [6.07, 6.45) is 2.31. The second-order valence-electron chi connectivity index (χ2n) is 5.20. The average Bonchev–Trinajstić information content (AvgIpc) is 2.32. The molecule has 0 spiro atoms. The van der Waals surface area contributed by atoms with Crippen LogP contribution in [-0.4, -0.2) is 18.8 Å². The van der Waals surface area contributed by atoms with Crippen LogP contribution in [0.1, 0.15) is 30.9 Å². The van der Waals surface area contributed by atoms with E-state index in [2.05, 4.69) is 25.2 Å². The molecule has 0 aliphatic carbocycles. The third kappa shape index (κ3) is 2.99. The van der Waals surface area contributed by atoms with Crippen LogP contribution in [0.5, 0.6) is 0 Å². The first kappa shape index (κ1) is 12.4. The van der Waals surface area contributed by atoms with Crippen LogP contribution in [0.3, 0.4) is 0 Å². The van der Waals surface area contributed by atoms with E-state index in [1.165, 1.54) is 17.5 Å². The Hall–Kier alpha value is -1.06. The average molecular weight is 234 g/mol. The lowest BCUT2D eigenvalue weighted by atomic mass is 9.94. The maximum atomic E-state index is 5.91. The second kappa shape index (κ2) is 5.07. The molecule has 0 saturated carbocycles. The van der Waals surface area contributed by atoms with Gasteiger partial charge in [-0.15, -0.1) is 0 Å². The van der Waals surface area contributed by atoms with Crippen LogP contribution in [0.2, 0.25) is 0 Å². The molecule has 1 heterocycles. The molecule has 1 aromatic carbocycles. The standard InChI is InChI=1S/C14H22N2O/c1-11-12(5-3-6-13(11)15)9-16-14(2)7-4-8-17-10-14/h3,5-6,16H,4,7-10,15H2,1-2H3. The molecule has 2 rings (SSSR count). The first-order chi connectivity index (χ1) is 8.11. The molecule has 1 aliphatic heterocycles. The summed E-state index contributed by atoms with van der Waals surface area (Å²) < 4.78 is 5.54. The van der Waals surface area contributed by atoms with E-state index in [0.717, 1.165) is 31.9 Å². The first-order valence-corrected chi connectivity index (χ1v) is 6.27. The van der Waals surface area contributed by atoms with E-state index in [1.54, 1.807) is 0 Å². The third-order valence-corrected chi connectivity index (χ3v) is 3.63. The minimum atomic E-state index is 0.106. The van der Waals surface area contributed by atoms with Crippen molar-refractivity contribution in [2.75, 3.05) is 18.9 Å². The van der Waals surface area contributed by atoms with Gasteiger partial charge < -0.3 is 15.8 Å². The molecular weight excluding hydrogens is 212 g/mol. The zero-order chi connectivity index (χ0) is 12.3. The van der Waals surface area contributed by atoms with Gasteiger partial charge in [0.15, 0.2) is 0 Å². The lowest BCUT2D eigenvalue weighted by Crippen LogP contribution is -2.48. The number of nitrogen functional groups attached to an aromatic ring is 1. The molecule has 3 heteroatoms. The number of rotatable bonds is 3. The van der Waals surface area contributed by atoms with E-state index in [-0.39, 0.29) is 5.54 Å². The van der Waals surface area contributed by atoms with Gasteiger partial charge in [-0.1, -0.05) is 12.1 Å².